The van der Waals surface area contributed by atoms with Crippen LogP contribution < -0.4 is 10.6 Å². The average Bonchev–Trinajstić information content (AvgIpc) is 2.62. The minimum atomic E-state index is -1.03. The van der Waals surface area contributed by atoms with Crippen LogP contribution in [0.4, 0.5) is 0 Å². The van der Waals surface area contributed by atoms with Crippen molar-refractivity contribution in [3.8, 4) is 0 Å². The molecule has 2 amide bonds. The Morgan fingerprint density at radius 3 is 2.37 bits per heavy atom. The van der Waals surface area contributed by atoms with E-state index in [1.54, 1.807) is 48.5 Å². The zero-order valence-electron chi connectivity index (χ0n) is 14.0. The molecule has 0 spiro atoms. The first-order chi connectivity index (χ1) is 12.9. The number of hydrogen-bond donors (Lipinski definition) is 3. The maximum Gasteiger partial charge on any atom is 0.305 e. The van der Waals surface area contributed by atoms with Crippen LogP contribution in [-0.4, -0.2) is 29.4 Å². The minimum Gasteiger partial charge on any atom is -0.481 e. The molecule has 0 saturated heterocycles. The molecule has 2 rings (SSSR count). The summed E-state index contributed by atoms with van der Waals surface area (Å²) >= 11 is 9.16. The maximum atomic E-state index is 12.5. The third-order valence-electron chi connectivity index (χ3n) is 3.42. The van der Waals surface area contributed by atoms with E-state index >= 15 is 0 Å². The second-order valence-electron chi connectivity index (χ2n) is 5.44. The van der Waals surface area contributed by atoms with E-state index in [1.165, 1.54) is 6.08 Å². The fraction of sp³-hybridized carbons (Fsp3) is 0.105. The zero-order chi connectivity index (χ0) is 19.8. The van der Waals surface area contributed by atoms with Gasteiger partial charge in [0.2, 0.25) is 0 Å². The molecule has 0 radical (unpaired) electrons. The van der Waals surface area contributed by atoms with Gasteiger partial charge >= 0.3 is 5.97 Å². The van der Waals surface area contributed by atoms with Crippen LogP contribution in [0.3, 0.4) is 0 Å². The van der Waals surface area contributed by atoms with Crippen molar-refractivity contribution < 1.29 is 19.5 Å². The first-order valence-corrected chi connectivity index (χ1v) is 9.07. The lowest BCUT2D eigenvalue weighted by Crippen LogP contribution is -2.35. The van der Waals surface area contributed by atoms with Gasteiger partial charge in [0.05, 0.1) is 12.0 Å². The molecule has 0 unspecified atom stereocenters. The van der Waals surface area contributed by atoms with Crippen molar-refractivity contribution >= 4 is 51.4 Å². The number of benzene rings is 2. The normalized spacial score (nSPS) is 11.0. The Morgan fingerprint density at radius 2 is 1.74 bits per heavy atom. The van der Waals surface area contributed by atoms with Gasteiger partial charge in [0.1, 0.15) is 5.70 Å². The molecule has 0 atom stereocenters. The number of carbonyl (C=O) groups excluding carboxylic acids is 2. The molecule has 0 saturated carbocycles. The van der Waals surface area contributed by atoms with Gasteiger partial charge in [0.15, 0.2) is 0 Å². The lowest BCUT2D eigenvalue weighted by Gasteiger charge is -2.11. The lowest BCUT2D eigenvalue weighted by molar-refractivity contribution is -0.136. The van der Waals surface area contributed by atoms with E-state index in [2.05, 4.69) is 26.6 Å². The summed E-state index contributed by atoms with van der Waals surface area (Å²) in [5.74, 6) is -2.10. The number of nitrogens with one attached hydrogen (secondary N) is 2. The molecule has 8 heteroatoms. The van der Waals surface area contributed by atoms with Gasteiger partial charge in [-0.25, -0.2) is 0 Å². The first kappa shape index (κ1) is 20.7. The van der Waals surface area contributed by atoms with Crippen LogP contribution in [0.5, 0.6) is 0 Å². The van der Waals surface area contributed by atoms with Crippen molar-refractivity contribution in [1.29, 1.82) is 0 Å². The van der Waals surface area contributed by atoms with Crippen LogP contribution in [0.2, 0.25) is 5.02 Å². The molecule has 2 aromatic carbocycles. The summed E-state index contributed by atoms with van der Waals surface area (Å²) in [5.41, 5.74) is 0.997. The number of halogens is 2. The Kier molecular flexibility index (Phi) is 7.57. The Labute approximate surface area is 169 Å². The predicted octanol–water partition coefficient (Wildman–Crippen LogP) is 3.46. The molecule has 0 aliphatic rings. The molecule has 140 valence electrons. The number of amides is 2. The highest BCUT2D eigenvalue weighted by Crippen LogP contribution is 2.17. The highest BCUT2D eigenvalue weighted by Gasteiger charge is 2.16. The van der Waals surface area contributed by atoms with E-state index in [0.717, 1.165) is 0 Å². The third kappa shape index (κ3) is 6.54. The minimum absolute atomic E-state index is 0.0107. The molecule has 3 N–H and O–H groups in total. The quantitative estimate of drug-likeness (QED) is 0.562. The Bertz CT molecular complexity index is 882. The number of aliphatic carboxylic acids is 1. The highest BCUT2D eigenvalue weighted by atomic mass is 79.9. The smallest absolute Gasteiger partial charge is 0.305 e. The van der Waals surface area contributed by atoms with Crippen LogP contribution in [-0.2, 0) is 9.59 Å². The molecule has 0 fully saturated rings. The van der Waals surface area contributed by atoms with Gasteiger partial charge in [-0.3, -0.25) is 14.4 Å². The Hall–Kier alpha value is -2.64. The molecule has 0 bridgehead atoms. The summed E-state index contributed by atoms with van der Waals surface area (Å²) in [4.78, 5) is 35.6. The van der Waals surface area contributed by atoms with Crippen LogP contribution >= 0.6 is 27.5 Å². The Balaban J connectivity index is 2.24. The molecular formula is C19H16BrClN2O4. The second-order valence-corrected chi connectivity index (χ2v) is 6.73. The number of carbonyl (C=O) groups is 3. The maximum absolute atomic E-state index is 12.5. The summed E-state index contributed by atoms with van der Waals surface area (Å²) in [5, 5.41) is 14.3. The number of rotatable bonds is 7. The van der Waals surface area contributed by atoms with Crippen molar-refractivity contribution in [3.63, 3.8) is 0 Å². The topological polar surface area (TPSA) is 95.5 Å². The summed E-state index contributed by atoms with van der Waals surface area (Å²) in [6.45, 7) is -0.0585. The summed E-state index contributed by atoms with van der Waals surface area (Å²) in [7, 11) is 0. The molecular weight excluding hydrogens is 436 g/mol. The highest BCUT2D eigenvalue weighted by molar-refractivity contribution is 9.10. The van der Waals surface area contributed by atoms with Crippen molar-refractivity contribution in [3.05, 3.63) is 74.9 Å². The largest absolute Gasteiger partial charge is 0.481 e. The number of hydrogen-bond acceptors (Lipinski definition) is 3. The van der Waals surface area contributed by atoms with E-state index in [4.69, 9.17) is 16.7 Å². The van der Waals surface area contributed by atoms with Gasteiger partial charge in [0.25, 0.3) is 11.8 Å². The van der Waals surface area contributed by atoms with Crippen molar-refractivity contribution in [2.24, 2.45) is 0 Å². The summed E-state index contributed by atoms with van der Waals surface area (Å²) in [6.07, 6.45) is 1.26. The van der Waals surface area contributed by atoms with Crippen molar-refractivity contribution in [1.82, 2.24) is 10.6 Å². The van der Waals surface area contributed by atoms with Gasteiger partial charge in [-0.15, -0.1) is 0 Å². The van der Waals surface area contributed by atoms with Gasteiger partial charge < -0.3 is 15.7 Å². The predicted molar refractivity (Wildman–Crippen MR) is 106 cm³/mol. The van der Waals surface area contributed by atoms with Crippen LogP contribution in [0.15, 0.2) is 58.7 Å². The van der Waals surface area contributed by atoms with Crippen LogP contribution in [0.25, 0.3) is 6.08 Å². The van der Waals surface area contributed by atoms with Gasteiger partial charge in [0, 0.05) is 16.0 Å². The average molecular weight is 452 g/mol. The first-order valence-electron chi connectivity index (χ1n) is 7.90. The lowest BCUT2D eigenvalue weighted by atomic mass is 10.1. The standard InChI is InChI=1S/C19H16BrClN2O4/c20-15-4-2-1-3-14(15)18(26)23-16(19(27)22-10-9-17(24)25)11-12-5-7-13(21)8-6-12/h1-8,11H,9-10H2,(H,22,27)(H,23,26)(H,24,25)/b16-11+. The molecule has 6 nitrogen and oxygen atoms in total. The van der Waals surface area contributed by atoms with Gasteiger partial charge in [-0.1, -0.05) is 35.9 Å². The third-order valence-corrected chi connectivity index (χ3v) is 4.36. The monoisotopic (exact) mass is 450 g/mol. The fourth-order valence-electron chi connectivity index (χ4n) is 2.10. The second kappa shape index (κ2) is 9.89. The van der Waals surface area contributed by atoms with Crippen LogP contribution in [0, 0.1) is 0 Å². The number of carboxylic acid groups (broad SMARTS) is 1. The molecule has 0 aromatic heterocycles. The molecule has 0 aliphatic heterocycles. The molecule has 2 aromatic rings. The van der Waals surface area contributed by atoms with Gasteiger partial charge in [-0.05, 0) is 51.8 Å². The van der Waals surface area contributed by atoms with Crippen molar-refractivity contribution in [2.75, 3.05) is 6.54 Å². The van der Waals surface area contributed by atoms with E-state index in [9.17, 15) is 14.4 Å². The molecule has 0 aliphatic carbocycles. The van der Waals surface area contributed by atoms with Gasteiger partial charge in [-0.2, -0.15) is 0 Å². The zero-order valence-corrected chi connectivity index (χ0v) is 16.4. The van der Waals surface area contributed by atoms with Crippen molar-refractivity contribution in [2.45, 2.75) is 6.42 Å². The fourth-order valence-corrected chi connectivity index (χ4v) is 2.69. The van der Waals surface area contributed by atoms with E-state index < -0.39 is 17.8 Å². The van der Waals surface area contributed by atoms with E-state index in [0.29, 0.717) is 20.6 Å². The van der Waals surface area contributed by atoms with E-state index in [1.807, 2.05) is 0 Å². The summed E-state index contributed by atoms with van der Waals surface area (Å²) in [6, 6.07) is 13.5. The molecule has 27 heavy (non-hydrogen) atoms. The number of carboxylic acids is 1. The summed E-state index contributed by atoms with van der Waals surface area (Å²) < 4.78 is 0.583. The Morgan fingerprint density at radius 1 is 1.07 bits per heavy atom. The van der Waals surface area contributed by atoms with E-state index in [-0.39, 0.29) is 18.7 Å². The SMILES string of the molecule is O=C(O)CCNC(=O)/C(=C\c1ccc(Cl)cc1)NC(=O)c1ccccc1Br. The van der Waals surface area contributed by atoms with Crippen LogP contribution in [0.1, 0.15) is 22.3 Å². The molecule has 0 heterocycles.